The topological polar surface area (TPSA) is 38.3 Å². The summed E-state index contributed by atoms with van der Waals surface area (Å²) < 4.78 is 4.55. The van der Waals surface area contributed by atoms with E-state index in [1.54, 1.807) is 0 Å². The van der Waals surface area contributed by atoms with E-state index < -0.39 is 0 Å². The molecule has 0 aliphatic heterocycles. The molecule has 0 aromatic heterocycles. The van der Waals surface area contributed by atoms with Crippen molar-refractivity contribution in [2.75, 3.05) is 13.7 Å². The van der Waals surface area contributed by atoms with Gasteiger partial charge in [-0.2, -0.15) is 0 Å². The van der Waals surface area contributed by atoms with Crippen molar-refractivity contribution >= 4 is 21.9 Å². The molecule has 0 radical (unpaired) electrons. The lowest BCUT2D eigenvalue weighted by atomic mass is 10.2. The first kappa shape index (κ1) is 11.9. The van der Waals surface area contributed by atoms with Gasteiger partial charge < -0.3 is 10.1 Å². The van der Waals surface area contributed by atoms with Gasteiger partial charge in [-0.1, -0.05) is 22.9 Å². The number of hydrogen-bond acceptors (Lipinski definition) is 3. The quantitative estimate of drug-likeness (QED) is 0.579. The van der Waals surface area contributed by atoms with Crippen molar-refractivity contribution in [3.05, 3.63) is 0 Å². The van der Waals surface area contributed by atoms with Crippen LogP contribution in [0.25, 0.3) is 0 Å². The Kier molecular flexibility index (Phi) is 6.38. The Morgan fingerprint density at radius 2 is 2.25 bits per heavy atom. The van der Waals surface area contributed by atoms with Crippen LogP contribution in [0.5, 0.6) is 0 Å². The van der Waals surface area contributed by atoms with Crippen molar-refractivity contribution in [3.63, 3.8) is 0 Å². The third-order valence-electron chi connectivity index (χ3n) is 1.71. The fraction of sp³-hybridized carbons (Fsp3) is 0.875. The zero-order chi connectivity index (χ0) is 9.56. The standard InChI is InChI=1S/C8H16BrNO2/c1-4-6(2)10-5-7(9)8(11)12-3/h6-7,10H,4-5H2,1-3H3. The fourth-order valence-corrected chi connectivity index (χ4v) is 1.03. The van der Waals surface area contributed by atoms with Crippen LogP contribution in [0.3, 0.4) is 0 Å². The summed E-state index contributed by atoms with van der Waals surface area (Å²) in [5.74, 6) is -0.231. The highest BCUT2D eigenvalue weighted by atomic mass is 79.9. The van der Waals surface area contributed by atoms with E-state index >= 15 is 0 Å². The van der Waals surface area contributed by atoms with E-state index in [-0.39, 0.29) is 10.8 Å². The first-order valence-corrected chi connectivity index (χ1v) is 4.98. The summed E-state index contributed by atoms with van der Waals surface area (Å²) in [5.41, 5.74) is 0. The Balaban J connectivity index is 3.56. The Morgan fingerprint density at radius 1 is 1.67 bits per heavy atom. The minimum absolute atomic E-state index is 0.231. The first-order valence-electron chi connectivity index (χ1n) is 4.07. The van der Waals surface area contributed by atoms with Gasteiger partial charge in [-0.3, -0.25) is 4.79 Å². The summed E-state index contributed by atoms with van der Waals surface area (Å²) in [6.45, 7) is 4.79. The van der Waals surface area contributed by atoms with Gasteiger partial charge >= 0.3 is 5.97 Å². The number of alkyl halides is 1. The van der Waals surface area contributed by atoms with Crippen LogP contribution in [-0.2, 0) is 9.53 Å². The Hall–Kier alpha value is -0.0900. The van der Waals surface area contributed by atoms with Crippen molar-refractivity contribution in [3.8, 4) is 0 Å². The number of carbonyl (C=O) groups excluding carboxylic acids is 1. The van der Waals surface area contributed by atoms with Gasteiger partial charge in [0.25, 0.3) is 0 Å². The lowest BCUT2D eigenvalue weighted by molar-refractivity contribution is -0.139. The van der Waals surface area contributed by atoms with E-state index in [0.717, 1.165) is 6.42 Å². The van der Waals surface area contributed by atoms with E-state index in [1.165, 1.54) is 7.11 Å². The van der Waals surface area contributed by atoms with E-state index in [2.05, 4.69) is 39.8 Å². The summed E-state index contributed by atoms with van der Waals surface area (Å²) in [5, 5.41) is 3.20. The normalized spacial score (nSPS) is 15.3. The number of ether oxygens (including phenoxy) is 1. The number of methoxy groups -OCH3 is 1. The van der Waals surface area contributed by atoms with Crippen LogP contribution in [0.2, 0.25) is 0 Å². The summed E-state index contributed by atoms with van der Waals surface area (Å²) in [6, 6.07) is 0.440. The van der Waals surface area contributed by atoms with Crippen LogP contribution in [0, 0.1) is 0 Å². The minimum Gasteiger partial charge on any atom is -0.468 e. The molecule has 4 heteroatoms. The van der Waals surface area contributed by atoms with E-state index in [9.17, 15) is 4.79 Å². The van der Waals surface area contributed by atoms with Gasteiger partial charge in [-0.15, -0.1) is 0 Å². The van der Waals surface area contributed by atoms with Gasteiger partial charge in [0.1, 0.15) is 4.83 Å². The smallest absolute Gasteiger partial charge is 0.320 e. The molecule has 0 spiro atoms. The summed E-state index contributed by atoms with van der Waals surface area (Å²) in [6.07, 6.45) is 1.06. The lowest BCUT2D eigenvalue weighted by Gasteiger charge is -2.13. The van der Waals surface area contributed by atoms with Gasteiger partial charge in [0, 0.05) is 12.6 Å². The molecule has 0 amide bonds. The highest BCUT2D eigenvalue weighted by molar-refractivity contribution is 9.10. The summed E-state index contributed by atoms with van der Waals surface area (Å²) >= 11 is 3.22. The molecule has 0 bridgehead atoms. The van der Waals surface area contributed by atoms with Crippen LogP contribution < -0.4 is 5.32 Å². The monoisotopic (exact) mass is 237 g/mol. The average molecular weight is 238 g/mol. The molecule has 0 saturated carbocycles. The molecule has 0 saturated heterocycles. The van der Waals surface area contributed by atoms with Crippen molar-refractivity contribution in [2.24, 2.45) is 0 Å². The molecule has 2 unspecified atom stereocenters. The predicted octanol–water partition coefficient (Wildman–Crippen LogP) is 1.31. The van der Waals surface area contributed by atoms with E-state index in [0.29, 0.717) is 12.6 Å². The number of halogens is 1. The van der Waals surface area contributed by atoms with Crippen LogP contribution in [0.1, 0.15) is 20.3 Å². The number of nitrogens with one attached hydrogen (secondary N) is 1. The Bertz CT molecular complexity index is 141. The maximum absolute atomic E-state index is 10.9. The largest absolute Gasteiger partial charge is 0.468 e. The van der Waals surface area contributed by atoms with Crippen molar-refractivity contribution in [1.82, 2.24) is 5.32 Å². The number of hydrogen-bond donors (Lipinski definition) is 1. The highest BCUT2D eigenvalue weighted by Gasteiger charge is 2.14. The van der Waals surface area contributed by atoms with Gasteiger partial charge in [0.05, 0.1) is 7.11 Å². The maximum atomic E-state index is 10.9. The van der Waals surface area contributed by atoms with Crippen molar-refractivity contribution < 1.29 is 9.53 Å². The van der Waals surface area contributed by atoms with Crippen LogP contribution in [-0.4, -0.2) is 30.5 Å². The summed E-state index contributed by atoms with van der Waals surface area (Å²) in [4.78, 5) is 10.7. The van der Waals surface area contributed by atoms with E-state index in [4.69, 9.17) is 0 Å². The molecule has 0 heterocycles. The average Bonchev–Trinajstić information content (AvgIpc) is 2.11. The second-order valence-electron chi connectivity index (χ2n) is 2.71. The molecule has 3 nitrogen and oxygen atoms in total. The third kappa shape index (κ3) is 4.72. The SMILES string of the molecule is CCC(C)NCC(Br)C(=O)OC. The molecule has 0 fully saturated rings. The number of rotatable bonds is 5. The van der Waals surface area contributed by atoms with Crippen LogP contribution in [0.4, 0.5) is 0 Å². The molecule has 0 aromatic carbocycles. The van der Waals surface area contributed by atoms with Crippen LogP contribution >= 0.6 is 15.9 Å². The molecule has 1 N–H and O–H groups in total. The summed E-state index contributed by atoms with van der Waals surface area (Å²) in [7, 11) is 1.39. The molecular formula is C8H16BrNO2. The highest BCUT2D eigenvalue weighted by Crippen LogP contribution is 2.00. The van der Waals surface area contributed by atoms with Gasteiger partial charge in [0.2, 0.25) is 0 Å². The zero-order valence-electron chi connectivity index (χ0n) is 7.76. The lowest BCUT2D eigenvalue weighted by Crippen LogP contribution is -2.34. The third-order valence-corrected chi connectivity index (χ3v) is 2.41. The molecule has 0 aliphatic rings. The zero-order valence-corrected chi connectivity index (χ0v) is 9.35. The first-order chi connectivity index (χ1) is 5.61. The Morgan fingerprint density at radius 3 is 2.67 bits per heavy atom. The van der Waals surface area contributed by atoms with Crippen molar-refractivity contribution in [2.45, 2.75) is 31.1 Å². The molecule has 0 aliphatic carbocycles. The number of esters is 1. The van der Waals surface area contributed by atoms with Gasteiger partial charge in [-0.05, 0) is 13.3 Å². The van der Waals surface area contributed by atoms with Crippen LogP contribution in [0.15, 0.2) is 0 Å². The number of carbonyl (C=O) groups is 1. The molecule has 2 atom stereocenters. The second-order valence-corrected chi connectivity index (χ2v) is 3.81. The molecule has 0 aromatic rings. The fourth-order valence-electron chi connectivity index (χ4n) is 0.660. The maximum Gasteiger partial charge on any atom is 0.320 e. The van der Waals surface area contributed by atoms with Gasteiger partial charge in [-0.25, -0.2) is 0 Å². The minimum atomic E-state index is -0.239. The van der Waals surface area contributed by atoms with Gasteiger partial charge in [0.15, 0.2) is 0 Å². The second kappa shape index (κ2) is 6.43. The predicted molar refractivity (Wildman–Crippen MR) is 52.5 cm³/mol. The molecule has 12 heavy (non-hydrogen) atoms. The Labute approximate surface area is 82.0 Å². The molecule has 72 valence electrons. The molecular weight excluding hydrogens is 222 g/mol. The van der Waals surface area contributed by atoms with E-state index in [1.807, 2.05) is 0 Å². The molecule has 0 rings (SSSR count). The van der Waals surface area contributed by atoms with Crippen molar-refractivity contribution in [1.29, 1.82) is 0 Å².